The van der Waals surface area contributed by atoms with Gasteiger partial charge in [-0.15, -0.1) is 0 Å². The van der Waals surface area contributed by atoms with Gasteiger partial charge in [-0.2, -0.15) is 0 Å². The molecule has 1 rings (SSSR count). The molecule has 0 aliphatic rings. The third kappa shape index (κ3) is 6.18. The fourth-order valence-corrected chi connectivity index (χ4v) is 4.25. The van der Waals surface area contributed by atoms with Gasteiger partial charge < -0.3 is 9.84 Å². The number of hydrogen-bond donors (Lipinski definition) is 1. The minimum atomic E-state index is -0.357. The van der Waals surface area contributed by atoms with Crippen LogP contribution in [0.4, 0.5) is 0 Å². The number of phenolic OH excluding ortho intramolecular Hbond substituents is 1. The highest BCUT2D eigenvalue weighted by molar-refractivity contribution is 9.14. The van der Waals surface area contributed by atoms with Gasteiger partial charge in [0, 0.05) is 20.7 Å². The fourth-order valence-electron chi connectivity index (χ4n) is 1.75. The Balaban J connectivity index is 3.31. The van der Waals surface area contributed by atoms with Crippen LogP contribution in [-0.2, 0) is 4.74 Å². The Morgan fingerprint density at radius 1 is 1.04 bits per heavy atom. The molecule has 0 saturated heterocycles. The normalized spacial score (nSPS) is 18.3. The van der Waals surface area contributed by atoms with Crippen LogP contribution in [0.25, 0.3) is 0 Å². The van der Waals surface area contributed by atoms with Gasteiger partial charge in [-0.3, -0.25) is 0 Å². The molecule has 3 unspecified atom stereocenters. The Morgan fingerprint density at radius 3 is 2.09 bits per heavy atom. The Morgan fingerprint density at radius 2 is 1.61 bits per heavy atom. The molecule has 0 fully saturated rings. The summed E-state index contributed by atoms with van der Waals surface area (Å²) in [5.74, 6) is 0.156. The monoisotopic (exact) mass is 768 g/mol. The number of halogens is 7. The van der Waals surface area contributed by atoms with Crippen molar-refractivity contribution in [1.82, 2.24) is 0 Å². The summed E-state index contributed by atoms with van der Waals surface area (Å²) in [6, 6.07) is 1.71. The third-order valence-corrected chi connectivity index (χ3v) is 11.7. The van der Waals surface area contributed by atoms with Crippen LogP contribution in [0.2, 0.25) is 0 Å². The van der Waals surface area contributed by atoms with Gasteiger partial charge in [0.1, 0.15) is 5.75 Å². The zero-order chi connectivity index (χ0) is 18.0. The van der Waals surface area contributed by atoms with E-state index in [0.29, 0.717) is 16.4 Å². The molecule has 132 valence electrons. The topological polar surface area (TPSA) is 29.5 Å². The molecule has 0 heterocycles. The van der Waals surface area contributed by atoms with Crippen LogP contribution in [0.15, 0.2) is 19.5 Å². The third-order valence-electron chi connectivity index (χ3n) is 3.08. The van der Waals surface area contributed by atoms with Gasteiger partial charge in [0.15, 0.2) is 0 Å². The Labute approximate surface area is 195 Å². The summed E-state index contributed by atoms with van der Waals surface area (Å²) in [5, 5.41) is 11.6. The molecule has 0 bridgehead atoms. The maximum Gasteiger partial charge on any atom is 0.131 e. The number of phenols is 1. The first-order valence-electron chi connectivity index (χ1n) is 6.44. The molecular weight excluding hydrogens is 759 g/mol. The SMILES string of the molecule is CC(Br)(CBr)COC(c1cc(O)c(Br)c(Br)c1Br)C(C)(Br)CBr. The summed E-state index contributed by atoms with van der Waals surface area (Å²) in [7, 11) is 0. The molecule has 0 aliphatic heterocycles. The largest absolute Gasteiger partial charge is 0.507 e. The summed E-state index contributed by atoms with van der Waals surface area (Å²) < 4.78 is 7.90. The molecule has 1 aromatic rings. The Kier molecular flexibility index (Phi) is 9.67. The average molecular weight is 775 g/mol. The summed E-state index contributed by atoms with van der Waals surface area (Å²) in [4.78, 5) is 0. The van der Waals surface area contributed by atoms with Crippen molar-refractivity contribution < 1.29 is 9.84 Å². The van der Waals surface area contributed by atoms with Crippen LogP contribution in [0.5, 0.6) is 5.75 Å². The van der Waals surface area contributed by atoms with Gasteiger partial charge in [-0.1, -0.05) is 63.7 Å². The van der Waals surface area contributed by atoms with Gasteiger partial charge in [0.2, 0.25) is 0 Å². The number of ether oxygens (including phenoxy) is 1. The smallest absolute Gasteiger partial charge is 0.131 e. The van der Waals surface area contributed by atoms with E-state index in [0.717, 1.165) is 19.8 Å². The number of benzene rings is 1. The zero-order valence-corrected chi connectivity index (χ0v) is 23.4. The van der Waals surface area contributed by atoms with E-state index in [1.165, 1.54) is 0 Å². The number of aromatic hydroxyl groups is 1. The minimum absolute atomic E-state index is 0.156. The first kappa shape index (κ1) is 23.4. The molecular formula is C14H15Br7O2. The van der Waals surface area contributed by atoms with Crippen LogP contribution in [0.3, 0.4) is 0 Å². The molecule has 9 heteroatoms. The van der Waals surface area contributed by atoms with Crippen LogP contribution < -0.4 is 0 Å². The maximum atomic E-state index is 10.2. The van der Waals surface area contributed by atoms with E-state index in [9.17, 15) is 5.11 Å². The Hall–Kier alpha value is 2.34. The molecule has 0 aliphatic carbocycles. The van der Waals surface area contributed by atoms with E-state index in [2.05, 4.69) is 118 Å². The van der Waals surface area contributed by atoms with Gasteiger partial charge >= 0.3 is 0 Å². The van der Waals surface area contributed by atoms with Crippen molar-refractivity contribution >= 4 is 112 Å². The number of rotatable bonds is 7. The van der Waals surface area contributed by atoms with Crippen molar-refractivity contribution in [3.8, 4) is 5.75 Å². The highest BCUT2D eigenvalue weighted by atomic mass is 79.9. The standard InChI is InChI=1S/C14H15Br7O2/c1-13(20,4-15)6-23-12(14(2,21)5-16)7-3-8(22)10(18)11(19)9(7)17/h3,12,22H,4-6H2,1-2H3. The fraction of sp³-hybridized carbons (Fsp3) is 0.571. The number of hydrogen-bond acceptors (Lipinski definition) is 2. The molecule has 0 saturated carbocycles. The van der Waals surface area contributed by atoms with Gasteiger partial charge in [0.05, 0.1) is 30.3 Å². The summed E-state index contributed by atoms with van der Waals surface area (Å²) in [6.07, 6.45) is -0.289. The average Bonchev–Trinajstić information content (AvgIpc) is 2.49. The molecule has 3 atom stereocenters. The van der Waals surface area contributed by atoms with Crippen LogP contribution in [-0.4, -0.2) is 31.0 Å². The molecule has 0 amide bonds. The van der Waals surface area contributed by atoms with Gasteiger partial charge in [0.25, 0.3) is 0 Å². The highest BCUT2D eigenvalue weighted by Gasteiger charge is 2.37. The van der Waals surface area contributed by atoms with Gasteiger partial charge in [-0.05, 0) is 67.7 Å². The van der Waals surface area contributed by atoms with Crippen molar-refractivity contribution in [2.45, 2.75) is 28.6 Å². The molecule has 1 N–H and O–H groups in total. The highest BCUT2D eigenvalue weighted by Crippen LogP contribution is 2.47. The molecule has 0 aromatic heterocycles. The quantitative estimate of drug-likeness (QED) is 0.226. The first-order valence-corrected chi connectivity index (χ1v) is 12.7. The summed E-state index contributed by atoms with van der Waals surface area (Å²) in [6.45, 7) is 4.60. The second kappa shape index (κ2) is 9.51. The van der Waals surface area contributed by atoms with E-state index in [-0.39, 0.29) is 20.5 Å². The second-order valence-corrected chi connectivity index (χ2v) is 12.8. The molecule has 1 aromatic carbocycles. The molecule has 2 nitrogen and oxygen atoms in total. The van der Waals surface area contributed by atoms with Crippen LogP contribution >= 0.6 is 112 Å². The van der Waals surface area contributed by atoms with Crippen molar-refractivity contribution in [2.24, 2.45) is 0 Å². The lowest BCUT2D eigenvalue weighted by molar-refractivity contribution is 0.0272. The lowest BCUT2D eigenvalue weighted by atomic mass is 9.98. The number of alkyl halides is 4. The summed E-state index contributed by atoms with van der Waals surface area (Å²) >= 11 is 24.9. The molecule has 23 heavy (non-hydrogen) atoms. The van der Waals surface area contributed by atoms with E-state index in [1.807, 2.05) is 6.92 Å². The van der Waals surface area contributed by atoms with Crippen molar-refractivity contribution in [3.05, 3.63) is 25.0 Å². The van der Waals surface area contributed by atoms with E-state index in [4.69, 9.17) is 4.74 Å². The predicted molar refractivity (Wildman–Crippen MR) is 122 cm³/mol. The predicted octanol–water partition coefficient (Wildman–Crippen LogP) is 7.83. The van der Waals surface area contributed by atoms with Crippen LogP contribution in [0, 0.1) is 0 Å². The van der Waals surface area contributed by atoms with Crippen molar-refractivity contribution in [3.63, 3.8) is 0 Å². The minimum Gasteiger partial charge on any atom is -0.507 e. The van der Waals surface area contributed by atoms with E-state index < -0.39 is 0 Å². The van der Waals surface area contributed by atoms with Crippen molar-refractivity contribution in [1.29, 1.82) is 0 Å². The molecule has 0 radical (unpaired) electrons. The van der Waals surface area contributed by atoms with E-state index in [1.54, 1.807) is 6.07 Å². The van der Waals surface area contributed by atoms with Gasteiger partial charge in [-0.25, -0.2) is 0 Å². The second-order valence-electron chi connectivity index (χ2n) is 5.58. The lowest BCUT2D eigenvalue weighted by Crippen LogP contribution is -2.35. The molecule has 0 spiro atoms. The van der Waals surface area contributed by atoms with E-state index >= 15 is 0 Å². The zero-order valence-electron chi connectivity index (χ0n) is 12.3. The van der Waals surface area contributed by atoms with Crippen LogP contribution in [0.1, 0.15) is 25.5 Å². The Bertz CT molecular complexity index is 561. The first-order chi connectivity index (χ1) is 10.5. The maximum absolute atomic E-state index is 10.2. The lowest BCUT2D eigenvalue weighted by Gasteiger charge is -2.34. The van der Waals surface area contributed by atoms with Crippen molar-refractivity contribution in [2.75, 3.05) is 17.3 Å². The summed E-state index contributed by atoms with van der Waals surface area (Å²) in [5.41, 5.74) is 0.856.